The summed E-state index contributed by atoms with van der Waals surface area (Å²) >= 11 is 0. The Morgan fingerprint density at radius 1 is 1.00 bits per heavy atom. The smallest absolute Gasteiger partial charge is 0.301 e. The molecule has 0 radical (unpaired) electrons. The van der Waals surface area contributed by atoms with Crippen molar-refractivity contribution in [3.8, 4) is 0 Å². The van der Waals surface area contributed by atoms with Crippen molar-refractivity contribution >= 4 is 20.8 Å². The summed E-state index contributed by atoms with van der Waals surface area (Å²) in [5.74, 6) is 0. The topological polar surface area (TPSA) is 121 Å². The zero-order valence-corrected chi connectivity index (χ0v) is 13.9. The Balaban J connectivity index is 0. The van der Waals surface area contributed by atoms with Crippen LogP contribution in [0.2, 0.25) is 0 Å². The van der Waals surface area contributed by atoms with Crippen molar-refractivity contribution in [2.45, 2.75) is 53.0 Å². The minimum absolute atomic E-state index is 0.782. The Kier molecular flexibility index (Phi) is 11.5. The van der Waals surface area contributed by atoms with Crippen LogP contribution in [0, 0.1) is 0 Å². The first-order chi connectivity index (χ1) is 8.96. The SMILES string of the molecule is CCCCC(C)N(CC)CC.O=S(=O)(O)OS(=O)(=O)O. The van der Waals surface area contributed by atoms with Crippen molar-refractivity contribution in [2.75, 3.05) is 13.1 Å². The zero-order chi connectivity index (χ0) is 16.4. The normalized spacial score (nSPS) is 13.8. The van der Waals surface area contributed by atoms with Gasteiger partial charge in [0.2, 0.25) is 0 Å². The molecular formula is C10H25NO7S2. The number of rotatable bonds is 8. The molecule has 0 aliphatic heterocycles. The van der Waals surface area contributed by atoms with Crippen molar-refractivity contribution in [3.05, 3.63) is 0 Å². The highest BCUT2D eigenvalue weighted by molar-refractivity contribution is 7.94. The van der Waals surface area contributed by atoms with Gasteiger partial charge in [-0.1, -0.05) is 33.6 Å². The second-order valence-corrected chi connectivity index (χ2v) is 6.39. The van der Waals surface area contributed by atoms with Crippen LogP contribution in [0.4, 0.5) is 0 Å². The van der Waals surface area contributed by atoms with Crippen molar-refractivity contribution in [1.29, 1.82) is 0 Å². The Hall–Kier alpha value is -0.260. The van der Waals surface area contributed by atoms with Gasteiger partial charge in [-0.15, -0.1) is 3.63 Å². The molecule has 0 fully saturated rings. The first kappa shape index (κ1) is 22.0. The molecule has 20 heavy (non-hydrogen) atoms. The number of nitrogens with zero attached hydrogens (tertiary/aromatic N) is 1. The van der Waals surface area contributed by atoms with Crippen LogP contribution in [-0.4, -0.2) is 50.0 Å². The quantitative estimate of drug-likeness (QED) is 0.640. The van der Waals surface area contributed by atoms with Gasteiger partial charge in [0.1, 0.15) is 0 Å². The van der Waals surface area contributed by atoms with Gasteiger partial charge in [-0.3, -0.25) is 9.11 Å². The summed E-state index contributed by atoms with van der Waals surface area (Å²) < 4.78 is 55.6. The van der Waals surface area contributed by atoms with Gasteiger partial charge in [0.05, 0.1) is 0 Å². The van der Waals surface area contributed by atoms with Gasteiger partial charge in [-0.2, -0.15) is 16.8 Å². The van der Waals surface area contributed by atoms with Gasteiger partial charge in [0, 0.05) is 6.04 Å². The predicted molar refractivity (Wildman–Crippen MR) is 76.1 cm³/mol. The number of hydrogen-bond acceptors (Lipinski definition) is 6. The van der Waals surface area contributed by atoms with Crippen LogP contribution in [-0.2, 0) is 24.4 Å². The summed E-state index contributed by atoms with van der Waals surface area (Å²) in [6, 6.07) is 0.782. The Morgan fingerprint density at radius 2 is 1.40 bits per heavy atom. The minimum atomic E-state index is -5.12. The lowest BCUT2D eigenvalue weighted by atomic mass is 10.1. The van der Waals surface area contributed by atoms with E-state index in [0.29, 0.717) is 0 Å². The van der Waals surface area contributed by atoms with Gasteiger partial charge in [0.25, 0.3) is 0 Å². The fourth-order valence-corrected chi connectivity index (χ4v) is 2.51. The number of unbranched alkanes of at least 4 members (excludes halogenated alkanes) is 1. The summed E-state index contributed by atoms with van der Waals surface area (Å²) in [6.07, 6.45) is 4.06. The molecule has 1 unspecified atom stereocenters. The maximum Gasteiger partial charge on any atom is 0.413 e. The molecule has 124 valence electrons. The van der Waals surface area contributed by atoms with E-state index < -0.39 is 20.8 Å². The first-order valence-corrected chi connectivity index (χ1v) is 9.09. The first-order valence-electron chi connectivity index (χ1n) is 6.36. The molecule has 10 heteroatoms. The van der Waals surface area contributed by atoms with E-state index in [1.807, 2.05) is 0 Å². The van der Waals surface area contributed by atoms with Crippen molar-refractivity contribution in [2.24, 2.45) is 0 Å². The average molecular weight is 335 g/mol. The standard InChI is InChI=1S/C10H23N.H2O7S2/c1-5-8-9-10(4)11(6-2)7-3;1-8(2,3)7-9(4,5)6/h10H,5-9H2,1-4H3;(H,1,2,3)(H,4,5,6). The van der Waals surface area contributed by atoms with E-state index in [2.05, 4.69) is 36.2 Å². The molecule has 1 atom stereocenters. The van der Waals surface area contributed by atoms with Crippen LogP contribution in [0.25, 0.3) is 0 Å². The van der Waals surface area contributed by atoms with Gasteiger partial charge in [-0.25, -0.2) is 0 Å². The highest BCUT2D eigenvalue weighted by Gasteiger charge is 2.15. The van der Waals surface area contributed by atoms with Crippen LogP contribution in [0.5, 0.6) is 0 Å². The molecule has 0 amide bonds. The Labute approximate surface area is 122 Å². The molecule has 2 N–H and O–H groups in total. The Bertz CT molecular complexity index is 399. The fraction of sp³-hybridized carbons (Fsp3) is 1.00. The molecule has 0 aliphatic carbocycles. The lowest BCUT2D eigenvalue weighted by molar-refractivity contribution is 0.218. The van der Waals surface area contributed by atoms with Crippen LogP contribution in [0.15, 0.2) is 0 Å². The average Bonchev–Trinajstić information content (AvgIpc) is 2.23. The van der Waals surface area contributed by atoms with Crippen LogP contribution >= 0.6 is 0 Å². The summed E-state index contributed by atoms with van der Waals surface area (Å²) in [7, 11) is -10.2. The summed E-state index contributed by atoms with van der Waals surface area (Å²) in [5.41, 5.74) is 0. The molecule has 0 spiro atoms. The summed E-state index contributed by atoms with van der Waals surface area (Å²) in [4.78, 5) is 2.52. The third kappa shape index (κ3) is 15.8. The molecular weight excluding hydrogens is 310 g/mol. The van der Waals surface area contributed by atoms with Crippen molar-refractivity contribution in [1.82, 2.24) is 4.90 Å². The predicted octanol–water partition coefficient (Wildman–Crippen LogP) is 1.52. The maximum atomic E-state index is 9.44. The lowest BCUT2D eigenvalue weighted by Gasteiger charge is -2.26. The largest absolute Gasteiger partial charge is 0.413 e. The minimum Gasteiger partial charge on any atom is -0.301 e. The van der Waals surface area contributed by atoms with E-state index in [9.17, 15) is 16.8 Å². The molecule has 0 saturated heterocycles. The molecule has 8 nitrogen and oxygen atoms in total. The molecule has 0 aromatic heterocycles. The van der Waals surface area contributed by atoms with Gasteiger partial charge >= 0.3 is 20.8 Å². The zero-order valence-electron chi connectivity index (χ0n) is 12.3. The molecule has 0 aliphatic rings. The lowest BCUT2D eigenvalue weighted by Crippen LogP contribution is -2.32. The van der Waals surface area contributed by atoms with Crippen LogP contribution in [0.1, 0.15) is 47.0 Å². The number of hydrogen-bond donors (Lipinski definition) is 2. The fourth-order valence-electron chi connectivity index (χ4n) is 1.64. The third-order valence-electron chi connectivity index (χ3n) is 2.58. The highest BCUT2D eigenvalue weighted by atomic mass is 32.3. The molecule has 0 rings (SSSR count). The molecule has 0 aromatic rings. The third-order valence-corrected chi connectivity index (χ3v) is 3.96. The molecule has 0 bridgehead atoms. The van der Waals surface area contributed by atoms with E-state index in [4.69, 9.17) is 9.11 Å². The second kappa shape index (κ2) is 10.5. The van der Waals surface area contributed by atoms with Gasteiger partial charge in [0.15, 0.2) is 0 Å². The molecule has 0 heterocycles. The van der Waals surface area contributed by atoms with E-state index >= 15 is 0 Å². The second-order valence-electron chi connectivity index (χ2n) is 4.14. The monoisotopic (exact) mass is 335 g/mol. The van der Waals surface area contributed by atoms with Gasteiger partial charge < -0.3 is 4.90 Å². The van der Waals surface area contributed by atoms with E-state index in [1.165, 1.54) is 32.4 Å². The summed E-state index contributed by atoms with van der Waals surface area (Å²) in [6.45, 7) is 11.5. The van der Waals surface area contributed by atoms with E-state index in [-0.39, 0.29) is 0 Å². The highest BCUT2D eigenvalue weighted by Crippen LogP contribution is 2.07. The summed E-state index contributed by atoms with van der Waals surface area (Å²) in [5, 5.41) is 0. The van der Waals surface area contributed by atoms with Gasteiger partial charge in [-0.05, 0) is 26.4 Å². The Morgan fingerprint density at radius 3 is 1.60 bits per heavy atom. The molecule has 0 saturated carbocycles. The van der Waals surface area contributed by atoms with E-state index in [1.54, 1.807) is 0 Å². The van der Waals surface area contributed by atoms with Crippen LogP contribution < -0.4 is 0 Å². The van der Waals surface area contributed by atoms with Crippen LogP contribution in [0.3, 0.4) is 0 Å². The van der Waals surface area contributed by atoms with E-state index in [0.717, 1.165) is 6.04 Å². The maximum absolute atomic E-state index is 9.44. The van der Waals surface area contributed by atoms with Crippen molar-refractivity contribution < 1.29 is 29.6 Å². The van der Waals surface area contributed by atoms with Crippen molar-refractivity contribution in [3.63, 3.8) is 0 Å². The molecule has 0 aromatic carbocycles.